The molecule has 164 valence electrons. The predicted molar refractivity (Wildman–Crippen MR) is 129 cm³/mol. The lowest BCUT2D eigenvalue weighted by Crippen LogP contribution is -2.52. The maximum Gasteiger partial charge on any atom is 0.193 e. The van der Waals surface area contributed by atoms with Crippen molar-refractivity contribution in [2.24, 2.45) is 4.99 Å². The third-order valence-electron chi connectivity index (χ3n) is 5.50. The van der Waals surface area contributed by atoms with Crippen LogP contribution in [0.25, 0.3) is 0 Å². The van der Waals surface area contributed by atoms with Crippen LogP contribution in [-0.4, -0.2) is 81.5 Å². The highest BCUT2D eigenvalue weighted by Gasteiger charge is 2.19. The highest BCUT2D eigenvalue weighted by molar-refractivity contribution is 14.0. The Bertz CT molecular complexity index is 615. The summed E-state index contributed by atoms with van der Waals surface area (Å²) < 4.78 is 11.3. The number of hydrogen-bond acceptors (Lipinski definition) is 4. The third-order valence-corrected chi connectivity index (χ3v) is 5.50. The van der Waals surface area contributed by atoms with E-state index < -0.39 is 0 Å². The summed E-state index contributed by atoms with van der Waals surface area (Å²) >= 11 is 0. The average molecular weight is 516 g/mol. The van der Waals surface area contributed by atoms with Crippen LogP contribution >= 0.6 is 24.0 Å². The minimum Gasteiger partial charge on any atom is -0.381 e. The Kier molecular flexibility index (Phi) is 11.3. The average Bonchev–Trinajstić information content (AvgIpc) is 2.72. The van der Waals surface area contributed by atoms with Gasteiger partial charge in [-0.2, -0.15) is 0 Å². The molecule has 1 aromatic carbocycles. The van der Waals surface area contributed by atoms with Gasteiger partial charge in [0.1, 0.15) is 0 Å². The molecule has 0 amide bonds. The van der Waals surface area contributed by atoms with Gasteiger partial charge in [0.05, 0.1) is 6.10 Å². The molecule has 0 bridgehead atoms. The summed E-state index contributed by atoms with van der Waals surface area (Å²) in [6.07, 6.45) is 3.45. The maximum atomic E-state index is 5.94. The van der Waals surface area contributed by atoms with Crippen LogP contribution in [0.2, 0.25) is 0 Å². The zero-order valence-electron chi connectivity index (χ0n) is 17.9. The minimum atomic E-state index is 0. The van der Waals surface area contributed by atoms with Gasteiger partial charge in [-0.05, 0) is 31.7 Å². The van der Waals surface area contributed by atoms with Gasteiger partial charge in [-0.25, -0.2) is 0 Å². The van der Waals surface area contributed by atoms with Gasteiger partial charge in [0.2, 0.25) is 0 Å². The van der Waals surface area contributed by atoms with Crippen LogP contribution in [0.5, 0.6) is 0 Å². The molecule has 1 N–H and O–H groups in total. The van der Waals surface area contributed by atoms with Gasteiger partial charge in [0, 0.05) is 66.1 Å². The van der Waals surface area contributed by atoms with Gasteiger partial charge in [-0.3, -0.25) is 9.89 Å². The van der Waals surface area contributed by atoms with Gasteiger partial charge in [0.25, 0.3) is 0 Å². The molecule has 3 rings (SSSR count). The summed E-state index contributed by atoms with van der Waals surface area (Å²) in [5.41, 5.74) is 2.74. The number of rotatable bonds is 7. The van der Waals surface area contributed by atoms with E-state index in [9.17, 15) is 0 Å². The fourth-order valence-corrected chi connectivity index (χ4v) is 3.88. The third kappa shape index (κ3) is 8.39. The predicted octanol–water partition coefficient (Wildman–Crippen LogP) is 2.89. The number of nitrogens with one attached hydrogen (secondary N) is 1. The summed E-state index contributed by atoms with van der Waals surface area (Å²) in [4.78, 5) is 9.37. The summed E-state index contributed by atoms with van der Waals surface area (Å²) in [5, 5.41) is 3.50. The largest absolute Gasteiger partial charge is 0.381 e. The fourth-order valence-electron chi connectivity index (χ4n) is 3.88. The molecule has 0 saturated carbocycles. The second-order valence-electron chi connectivity index (χ2n) is 7.76. The van der Waals surface area contributed by atoms with Crippen LogP contribution in [0, 0.1) is 6.92 Å². The van der Waals surface area contributed by atoms with E-state index in [2.05, 4.69) is 51.3 Å². The maximum absolute atomic E-state index is 5.94. The Morgan fingerprint density at radius 3 is 2.66 bits per heavy atom. The van der Waals surface area contributed by atoms with Crippen molar-refractivity contribution in [3.8, 4) is 0 Å². The molecule has 0 atom stereocenters. The summed E-state index contributed by atoms with van der Waals surface area (Å²) in [7, 11) is 1.87. The van der Waals surface area contributed by atoms with Crippen molar-refractivity contribution in [2.75, 3.05) is 59.6 Å². The summed E-state index contributed by atoms with van der Waals surface area (Å²) in [6.45, 7) is 10.8. The molecule has 2 saturated heterocycles. The van der Waals surface area contributed by atoms with Crippen molar-refractivity contribution >= 4 is 29.9 Å². The Morgan fingerprint density at radius 2 is 1.97 bits per heavy atom. The summed E-state index contributed by atoms with van der Waals surface area (Å²) in [5.74, 6) is 1.02. The number of aliphatic imine (C=N–C) groups is 1. The Morgan fingerprint density at radius 1 is 1.21 bits per heavy atom. The molecule has 0 spiro atoms. The van der Waals surface area contributed by atoms with Crippen molar-refractivity contribution in [2.45, 2.75) is 38.8 Å². The lowest BCUT2D eigenvalue weighted by Gasteiger charge is -2.36. The molecule has 7 heteroatoms. The molecule has 0 aliphatic carbocycles. The molecule has 2 aliphatic rings. The summed E-state index contributed by atoms with van der Waals surface area (Å²) in [6, 6.07) is 8.82. The molecule has 0 radical (unpaired) electrons. The molecule has 6 nitrogen and oxygen atoms in total. The number of aryl methyl sites for hydroxylation is 1. The molecule has 1 aromatic rings. The van der Waals surface area contributed by atoms with Gasteiger partial charge in [-0.15, -0.1) is 24.0 Å². The van der Waals surface area contributed by atoms with E-state index in [1.807, 2.05) is 7.05 Å². The van der Waals surface area contributed by atoms with Crippen LogP contribution in [-0.2, 0) is 16.0 Å². The number of benzene rings is 1. The normalized spacial score (nSPS) is 19.1. The SMILES string of the molecule is CN=C(NCCCOC1CCOCC1)N1CCN(Cc2cccc(C)c2)CC1.I. The molecular weight excluding hydrogens is 479 g/mol. The zero-order valence-corrected chi connectivity index (χ0v) is 20.3. The number of guanidine groups is 1. The smallest absolute Gasteiger partial charge is 0.193 e. The molecule has 0 unspecified atom stereocenters. The number of hydrogen-bond donors (Lipinski definition) is 1. The zero-order chi connectivity index (χ0) is 19.6. The molecule has 29 heavy (non-hydrogen) atoms. The number of piperazine rings is 1. The first-order chi connectivity index (χ1) is 13.7. The molecule has 2 heterocycles. The fraction of sp³-hybridized carbons (Fsp3) is 0.682. The van der Waals surface area contributed by atoms with Crippen molar-refractivity contribution in [1.82, 2.24) is 15.1 Å². The molecule has 0 aromatic heterocycles. The topological polar surface area (TPSA) is 49.3 Å². The standard InChI is InChI=1S/C22H36N4O2.HI/c1-19-5-3-6-20(17-19)18-25-10-12-26(13-11-25)22(23-2)24-9-4-14-28-21-7-15-27-16-8-21;/h3,5-6,17,21H,4,7-16,18H2,1-2H3,(H,23,24);1H. The first-order valence-corrected chi connectivity index (χ1v) is 10.7. The van der Waals surface area contributed by atoms with Crippen molar-refractivity contribution < 1.29 is 9.47 Å². The first-order valence-electron chi connectivity index (χ1n) is 10.7. The van der Waals surface area contributed by atoms with E-state index in [1.165, 1.54) is 11.1 Å². The van der Waals surface area contributed by atoms with Gasteiger partial charge < -0.3 is 19.7 Å². The lowest BCUT2D eigenvalue weighted by atomic mass is 10.1. The number of ether oxygens (including phenoxy) is 2. The van der Waals surface area contributed by atoms with Crippen LogP contribution in [0.3, 0.4) is 0 Å². The van der Waals surface area contributed by atoms with Gasteiger partial charge in [0.15, 0.2) is 5.96 Å². The van der Waals surface area contributed by atoms with Crippen LogP contribution in [0.1, 0.15) is 30.4 Å². The molecule has 2 aliphatic heterocycles. The highest BCUT2D eigenvalue weighted by Crippen LogP contribution is 2.11. The van der Waals surface area contributed by atoms with E-state index in [1.54, 1.807) is 0 Å². The Balaban J connectivity index is 0.00000300. The van der Waals surface area contributed by atoms with Crippen LogP contribution in [0.15, 0.2) is 29.3 Å². The van der Waals surface area contributed by atoms with E-state index in [4.69, 9.17) is 9.47 Å². The monoisotopic (exact) mass is 516 g/mol. The Hall–Kier alpha value is -0.900. The van der Waals surface area contributed by atoms with E-state index in [0.29, 0.717) is 6.10 Å². The second-order valence-corrected chi connectivity index (χ2v) is 7.76. The van der Waals surface area contributed by atoms with Gasteiger partial charge >= 0.3 is 0 Å². The molecule has 2 fully saturated rings. The molecular formula is C22H37IN4O2. The highest BCUT2D eigenvalue weighted by atomic mass is 127. The minimum absolute atomic E-state index is 0. The quantitative estimate of drug-likeness (QED) is 0.262. The second kappa shape index (κ2) is 13.4. The van der Waals surface area contributed by atoms with Crippen molar-refractivity contribution in [3.63, 3.8) is 0 Å². The van der Waals surface area contributed by atoms with E-state index >= 15 is 0 Å². The van der Waals surface area contributed by atoms with Crippen LogP contribution < -0.4 is 5.32 Å². The van der Waals surface area contributed by atoms with Crippen molar-refractivity contribution in [1.29, 1.82) is 0 Å². The van der Waals surface area contributed by atoms with E-state index in [-0.39, 0.29) is 24.0 Å². The van der Waals surface area contributed by atoms with E-state index in [0.717, 1.165) is 84.3 Å². The lowest BCUT2D eigenvalue weighted by molar-refractivity contribution is -0.0320. The number of nitrogens with zero attached hydrogens (tertiary/aromatic N) is 3. The first kappa shape index (κ1) is 24.4. The number of halogens is 1. The van der Waals surface area contributed by atoms with Gasteiger partial charge in [-0.1, -0.05) is 29.8 Å². The Labute approximate surface area is 193 Å². The van der Waals surface area contributed by atoms with Crippen LogP contribution in [0.4, 0.5) is 0 Å². The van der Waals surface area contributed by atoms with Crippen molar-refractivity contribution in [3.05, 3.63) is 35.4 Å².